The van der Waals surface area contributed by atoms with E-state index in [4.69, 9.17) is 9.31 Å². The summed E-state index contributed by atoms with van der Waals surface area (Å²) in [6.07, 6.45) is 3.55. The van der Waals surface area contributed by atoms with Crippen molar-refractivity contribution in [1.82, 2.24) is 14.5 Å². The van der Waals surface area contributed by atoms with E-state index in [9.17, 15) is 0 Å². The van der Waals surface area contributed by atoms with Crippen LogP contribution in [0.25, 0.3) is 11.0 Å². The van der Waals surface area contributed by atoms with E-state index in [-0.39, 0.29) is 11.2 Å². The highest BCUT2D eigenvalue weighted by Crippen LogP contribution is 2.36. The molecular weight excluding hydrogens is 241 g/mol. The molecule has 0 N–H and O–H groups in total. The molecule has 0 atom stereocenters. The van der Waals surface area contributed by atoms with Crippen molar-refractivity contribution in [2.75, 3.05) is 0 Å². The van der Waals surface area contributed by atoms with Gasteiger partial charge in [-0.05, 0) is 33.8 Å². The van der Waals surface area contributed by atoms with E-state index in [1.54, 1.807) is 12.5 Å². The zero-order valence-electron chi connectivity index (χ0n) is 12.0. The Morgan fingerprint density at radius 1 is 1.11 bits per heavy atom. The maximum atomic E-state index is 6.03. The quantitative estimate of drug-likeness (QED) is 0.723. The first-order valence-corrected chi connectivity index (χ1v) is 6.43. The fourth-order valence-electron chi connectivity index (χ4n) is 2.21. The predicted octanol–water partition coefficient (Wildman–Crippen LogP) is 1.27. The lowest BCUT2D eigenvalue weighted by Crippen LogP contribution is -2.41. The molecule has 19 heavy (non-hydrogen) atoms. The van der Waals surface area contributed by atoms with Gasteiger partial charge in [0.25, 0.3) is 0 Å². The number of fused-ring (bicyclic) bond motifs is 1. The van der Waals surface area contributed by atoms with Crippen molar-refractivity contribution in [3.8, 4) is 0 Å². The lowest BCUT2D eigenvalue weighted by Gasteiger charge is -2.32. The Bertz CT molecular complexity index is 620. The number of aryl methyl sites for hydroxylation is 1. The third-order valence-corrected chi connectivity index (χ3v) is 4.15. The van der Waals surface area contributed by atoms with Gasteiger partial charge >= 0.3 is 7.12 Å². The molecule has 1 fully saturated rings. The second-order valence-electron chi connectivity index (χ2n) is 6.01. The van der Waals surface area contributed by atoms with Gasteiger partial charge in [-0.25, -0.2) is 4.98 Å². The maximum absolute atomic E-state index is 6.03. The molecular formula is C13H18BN3O2. The topological polar surface area (TPSA) is 49.2 Å². The van der Waals surface area contributed by atoms with Crippen molar-refractivity contribution >= 4 is 23.7 Å². The third kappa shape index (κ3) is 1.78. The van der Waals surface area contributed by atoms with Crippen molar-refractivity contribution in [3.63, 3.8) is 0 Å². The Hall–Kier alpha value is -1.40. The Morgan fingerprint density at radius 2 is 1.74 bits per heavy atom. The van der Waals surface area contributed by atoms with Crippen LogP contribution in [-0.4, -0.2) is 32.9 Å². The molecule has 100 valence electrons. The number of rotatable bonds is 1. The average molecular weight is 259 g/mol. The van der Waals surface area contributed by atoms with Crippen LogP contribution in [0.15, 0.2) is 18.6 Å². The van der Waals surface area contributed by atoms with Crippen LogP contribution in [0.4, 0.5) is 0 Å². The highest BCUT2D eigenvalue weighted by atomic mass is 16.7. The lowest BCUT2D eigenvalue weighted by atomic mass is 9.83. The molecule has 3 rings (SSSR count). The highest BCUT2D eigenvalue weighted by Gasteiger charge is 2.53. The van der Waals surface area contributed by atoms with Crippen molar-refractivity contribution in [2.45, 2.75) is 38.9 Å². The maximum Gasteiger partial charge on any atom is 0.516 e. The zero-order chi connectivity index (χ0) is 13.8. The number of hydrogen-bond acceptors (Lipinski definition) is 4. The predicted molar refractivity (Wildman–Crippen MR) is 74.2 cm³/mol. The van der Waals surface area contributed by atoms with E-state index in [0.29, 0.717) is 0 Å². The summed E-state index contributed by atoms with van der Waals surface area (Å²) >= 11 is 0. The number of hydrogen-bond donors (Lipinski definition) is 0. The molecule has 1 aliphatic rings. The number of aromatic nitrogens is 3. The van der Waals surface area contributed by atoms with Crippen LogP contribution in [0.1, 0.15) is 27.7 Å². The third-order valence-electron chi connectivity index (χ3n) is 4.15. The molecule has 1 aliphatic heterocycles. The van der Waals surface area contributed by atoms with Gasteiger partial charge in [-0.3, -0.25) is 4.98 Å². The van der Waals surface area contributed by atoms with E-state index in [0.717, 1.165) is 16.6 Å². The summed E-state index contributed by atoms with van der Waals surface area (Å²) in [5.41, 5.74) is 1.88. The van der Waals surface area contributed by atoms with E-state index < -0.39 is 7.12 Å². The molecule has 1 saturated heterocycles. The highest BCUT2D eigenvalue weighted by molar-refractivity contribution is 6.63. The van der Waals surface area contributed by atoms with Crippen molar-refractivity contribution in [3.05, 3.63) is 18.6 Å². The molecule has 0 aromatic carbocycles. The van der Waals surface area contributed by atoms with Crippen molar-refractivity contribution < 1.29 is 9.31 Å². The fraction of sp³-hybridized carbons (Fsp3) is 0.538. The minimum Gasteiger partial charge on any atom is -0.398 e. The van der Waals surface area contributed by atoms with Crippen LogP contribution in [0, 0.1) is 0 Å². The number of imidazole rings is 1. The van der Waals surface area contributed by atoms with Crippen LogP contribution < -0.4 is 5.59 Å². The van der Waals surface area contributed by atoms with Crippen LogP contribution in [0.5, 0.6) is 0 Å². The fourth-order valence-corrected chi connectivity index (χ4v) is 2.21. The summed E-state index contributed by atoms with van der Waals surface area (Å²) in [5.74, 6) is 0. The summed E-state index contributed by atoms with van der Waals surface area (Å²) in [6.45, 7) is 8.13. The molecule has 0 radical (unpaired) electrons. The monoisotopic (exact) mass is 259 g/mol. The van der Waals surface area contributed by atoms with Gasteiger partial charge in [0.2, 0.25) is 0 Å². The van der Waals surface area contributed by atoms with E-state index >= 15 is 0 Å². The van der Waals surface area contributed by atoms with Gasteiger partial charge in [0, 0.05) is 13.2 Å². The summed E-state index contributed by atoms with van der Waals surface area (Å²) < 4.78 is 14.0. The minimum atomic E-state index is -0.469. The van der Waals surface area contributed by atoms with Crippen LogP contribution in [-0.2, 0) is 16.4 Å². The lowest BCUT2D eigenvalue weighted by molar-refractivity contribution is 0.00578. The summed E-state index contributed by atoms with van der Waals surface area (Å²) in [4.78, 5) is 8.81. The van der Waals surface area contributed by atoms with Gasteiger partial charge in [0.05, 0.1) is 28.6 Å². The van der Waals surface area contributed by atoms with Gasteiger partial charge < -0.3 is 13.9 Å². The molecule has 6 heteroatoms. The molecule has 0 bridgehead atoms. The number of nitrogens with zero attached hydrogens (tertiary/aromatic N) is 3. The molecule has 3 heterocycles. The van der Waals surface area contributed by atoms with Gasteiger partial charge in [-0.2, -0.15) is 0 Å². The first-order chi connectivity index (χ1) is 8.82. The Labute approximate surface area is 113 Å². The molecule has 2 aromatic heterocycles. The van der Waals surface area contributed by atoms with E-state index in [1.165, 1.54) is 0 Å². The molecule has 0 amide bonds. The Kier molecular flexibility index (Phi) is 2.53. The first-order valence-electron chi connectivity index (χ1n) is 6.43. The normalized spacial score (nSPS) is 21.2. The largest absolute Gasteiger partial charge is 0.516 e. The van der Waals surface area contributed by atoms with Crippen molar-refractivity contribution in [2.24, 2.45) is 7.05 Å². The van der Waals surface area contributed by atoms with Crippen LogP contribution in [0.2, 0.25) is 0 Å². The van der Waals surface area contributed by atoms with E-state index in [1.807, 2.05) is 45.4 Å². The van der Waals surface area contributed by atoms with Crippen molar-refractivity contribution in [1.29, 1.82) is 0 Å². The molecule has 0 saturated carbocycles. The Morgan fingerprint density at radius 3 is 2.37 bits per heavy atom. The summed E-state index contributed by atoms with van der Waals surface area (Å²) in [6, 6.07) is 1.94. The zero-order valence-corrected chi connectivity index (χ0v) is 12.0. The van der Waals surface area contributed by atoms with Crippen LogP contribution in [0.3, 0.4) is 0 Å². The summed E-state index contributed by atoms with van der Waals surface area (Å²) in [7, 11) is 1.49. The second-order valence-corrected chi connectivity index (χ2v) is 6.01. The number of pyridine rings is 1. The van der Waals surface area contributed by atoms with Gasteiger partial charge in [-0.1, -0.05) is 0 Å². The van der Waals surface area contributed by atoms with Gasteiger partial charge in [0.15, 0.2) is 0 Å². The van der Waals surface area contributed by atoms with Gasteiger partial charge in [0.1, 0.15) is 5.52 Å². The SMILES string of the molecule is Cn1cnc2c(B3OC(C)(C)C(C)(C)O3)nccc21. The standard InChI is InChI=1S/C13H18BN3O2/c1-12(2)13(3,4)19-14(18-12)11-10-9(6-7-15-11)17(5)8-16-10/h6-8H,1-5H3. The molecule has 5 nitrogen and oxygen atoms in total. The average Bonchev–Trinajstić information content (AvgIpc) is 2.78. The summed E-state index contributed by atoms with van der Waals surface area (Å²) in [5, 5.41) is 0. The first kappa shape index (κ1) is 12.6. The Balaban J connectivity index is 2.07. The van der Waals surface area contributed by atoms with Gasteiger partial charge in [-0.15, -0.1) is 0 Å². The smallest absolute Gasteiger partial charge is 0.398 e. The minimum absolute atomic E-state index is 0.365. The molecule has 0 aliphatic carbocycles. The molecule has 0 unspecified atom stereocenters. The van der Waals surface area contributed by atoms with E-state index in [2.05, 4.69) is 9.97 Å². The second kappa shape index (κ2) is 3.80. The molecule has 2 aromatic rings. The van der Waals surface area contributed by atoms with Crippen LogP contribution >= 0.6 is 0 Å². The molecule has 0 spiro atoms.